The van der Waals surface area contributed by atoms with Crippen LogP contribution in [0.25, 0.3) is 11.4 Å². The van der Waals surface area contributed by atoms with Crippen LogP contribution in [0.4, 0.5) is 5.95 Å². The first-order chi connectivity index (χ1) is 9.74. The Morgan fingerprint density at radius 2 is 1.85 bits per heavy atom. The van der Waals surface area contributed by atoms with Crippen molar-refractivity contribution in [3.05, 3.63) is 18.2 Å². The second-order valence-corrected chi connectivity index (χ2v) is 4.19. The summed E-state index contributed by atoms with van der Waals surface area (Å²) in [4.78, 5) is 0. The van der Waals surface area contributed by atoms with E-state index in [-0.39, 0.29) is 0 Å². The van der Waals surface area contributed by atoms with Gasteiger partial charge in [-0.25, -0.2) is 0 Å². The largest absolute Gasteiger partial charge is 0.493 e. The molecule has 0 radical (unpaired) electrons. The van der Waals surface area contributed by atoms with Gasteiger partial charge in [0.25, 0.3) is 0 Å². The Hall–Kier alpha value is -2.24. The van der Waals surface area contributed by atoms with Gasteiger partial charge in [-0.05, 0) is 32.0 Å². The average Bonchev–Trinajstić information content (AvgIpc) is 2.89. The summed E-state index contributed by atoms with van der Waals surface area (Å²) < 4.78 is 12.6. The van der Waals surface area contributed by atoms with Crippen LogP contribution in [0.1, 0.15) is 13.8 Å². The van der Waals surface area contributed by atoms with Crippen LogP contribution in [-0.4, -0.2) is 35.5 Å². The molecule has 0 saturated carbocycles. The summed E-state index contributed by atoms with van der Waals surface area (Å²) >= 11 is 0. The van der Waals surface area contributed by atoms with E-state index < -0.39 is 0 Å². The van der Waals surface area contributed by atoms with Crippen LogP contribution in [0.15, 0.2) is 18.2 Å². The van der Waals surface area contributed by atoms with Crippen molar-refractivity contribution in [2.75, 3.05) is 26.1 Å². The maximum Gasteiger partial charge on any atom is 0.224 e. The van der Waals surface area contributed by atoms with Gasteiger partial charge in [-0.2, -0.15) is 0 Å². The molecule has 0 amide bonds. The predicted molar refractivity (Wildman–Crippen MR) is 78.4 cm³/mol. The Bertz CT molecular complexity index is 581. The molecule has 0 aliphatic heterocycles. The second kappa shape index (κ2) is 6.27. The number of aromatic nitrogens is 3. The van der Waals surface area contributed by atoms with Gasteiger partial charge in [0.1, 0.15) is 0 Å². The van der Waals surface area contributed by atoms with E-state index in [9.17, 15) is 0 Å². The molecule has 0 aliphatic carbocycles. The monoisotopic (exact) mass is 276 g/mol. The molecule has 0 fully saturated rings. The third kappa shape index (κ3) is 2.54. The van der Waals surface area contributed by atoms with E-state index in [1.807, 2.05) is 29.7 Å². The fourth-order valence-corrected chi connectivity index (χ4v) is 2.08. The zero-order valence-electron chi connectivity index (χ0n) is 12.3. The standard InChI is InChI=1S/C14H20N4O2/c1-5-15-14-17-16-13(18(14)6-2)10-7-8-11(19-3)12(9-10)20-4/h7-9H,5-6H2,1-4H3,(H,15,17). The second-order valence-electron chi connectivity index (χ2n) is 4.19. The summed E-state index contributed by atoms with van der Waals surface area (Å²) in [7, 11) is 3.24. The molecule has 0 spiro atoms. The van der Waals surface area contributed by atoms with Crippen molar-refractivity contribution in [1.82, 2.24) is 14.8 Å². The summed E-state index contributed by atoms with van der Waals surface area (Å²) in [5.41, 5.74) is 0.946. The normalized spacial score (nSPS) is 10.4. The van der Waals surface area contributed by atoms with Crippen LogP contribution in [0.3, 0.4) is 0 Å². The van der Waals surface area contributed by atoms with Gasteiger partial charge in [-0.1, -0.05) is 0 Å². The highest BCUT2D eigenvalue weighted by molar-refractivity contribution is 5.62. The number of nitrogens with zero attached hydrogens (tertiary/aromatic N) is 3. The fourth-order valence-electron chi connectivity index (χ4n) is 2.08. The highest BCUT2D eigenvalue weighted by Crippen LogP contribution is 2.32. The highest BCUT2D eigenvalue weighted by Gasteiger charge is 2.14. The van der Waals surface area contributed by atoms with E-state index in [4.69, 9.17) is 9.47 Å². The van der Waals surface area contributed by atoms with Gasteiger partial charge in [0.15, 0.2) is 17.3 Å². The molecule has 0 saturated heterocycles. The van der Waals surface area contributed by atoms with Crippen LogP contribution in [0, 0.1) is 0 Å². The number of benzene rings is 1. The van der Waals surface area contributed by atoms with E-state index in [1.54, 1.807) is 14.2 Å². The molecule has 1 aromatic carbocycles. The predicted octanol–water partition coefficient (Wildman–Crippen LogP) is 2.41. The number of hydrogen-bond donors (Lipinski definition) is 1. The van der Waals surface area contributed by atoms with Gasteiger partial charge in [0.2, 0.25) is 5.95 Å². The first-order valence-corrected chi connectivity index (χ1v) is 6.64. The van der Waals surface area contributed by atoms with Crippen molar-refractivity contribution in [3.8, 4) is 22.9 Å². The number of ether oxygens (including phenoxy) is 2. The van der Waals surface area contributed by atoms with Gasteiger partial charge in [-0.15, -0.1) is 10.2 Å². The van der Waals surface area contributed by atoms with Gasteiger partial charge in [-0.3, -0.25) is 4.57 Å². The lowest BCUT2D eigenvalue weighted by Crippen LogP contribution is -2.06. The Morgan fingerprint density at radius 3 is 2.45 bits per heavy atom. The van der Waals surface area contributed by atoms with Crippen LogP contribution >= 0.6 is 0 Å². The lowest BCUT2D eigenvalue weighted by molar-refractivity contribution is 0.355. The highest BCUT2D eigenvalue weighted by atomic mass is 16.5. The molecule has 2 rings (SSSR count). The van der Waals surface area contributed by atoms with Crippen molar-refractivity contribution in [1.29, 1.82) is 0 Å². The SMILES string of the molecule is CCNc1nnc(-c2ccc(OC)c(OC)c2)n1CC. The van der Waals surface area contributed by atoms with Crippen LogP contribution < -0.4 is 14.8 Å². The van der Waals surface area contributed by atoms with Gasteiger partial charge in [0, 0.05) is 18.7 Å². The molecule has 1 N–H and O–H groups in total. The molecule has 0 unspecified atom stereocenters. The third-order valence-electron chi connectivity index (χ3n) is 3.04. The number of anilines is 1. The molecule has 0 aliphatic rings. The summed E-state index contributed by atoms with van der Waals surface area (Å²) in [6.07, 6.45) is 0. The van der Waals surface area contributed by atoms with Gasteiger partial charge in [0.05, 0.1) is 14.2 Å². The quantitative estimate of drug-likeness (QED) is 0.878. The summed E-state index contributed by atoms with van der Waals surface area (Å²) in [5.74, 6) is 2.97. The maximum atomic E-state index is 5.33. The van der Waals surface area contributed by atoms with Crippen molar-refractivity contribution in [2.24, 2.45) is 0 Å². The number of nitrogens with one attached hydrogen (secondary N) is 1. The molecule has 0 atom stereocenters. The first kappa shape index (κ1) is 14.2. The minimum absolute atomic E-state index is 0.681. The smallest absolute Gasteiger partial charge is 0.224 e. The van der Waals surface area contributed by atoms with Gasteiger partial charge >= 0.3 is 0 Å². The van der Waals surface area contributed by atoms with E-state index in [0.717, 1.165) is 30.4 Å². The Labute approximate surface area is 118 Å². The lowest BCUT2D eigenvalue weighted by Gasteiger charge is -2.11. The Morgan fingerprint density at radius 1 is 1.10 bits per heavy atom. The van der Waals surface area contributed by atoms with E-state index in [1.165, 1.54) is 0 Å². The topological polar surface area (TPSA) is 61.2 Å². The molecule has 20 heavy (non-hydrogen) atoms. The van der Waals surface area contributed by atoms with Crippen molar-refractivity contribution < 1.29 is 9.47 Å². The van der Waals surface area contributed by atoms with Crippen LogP contribution in [-0.2, 0) is 6.54 Å². The average molecular weight is 276 g/mol. The Balaban J connectivity index is 2.45. The molecule has 6 nitrogen and oxygen atoms in total. The molecular weight excluding hydrogens is 256 g/mol. The van der Waals surface area contributed by atoms with Crippen molar-refractivity contribution in [2.45, 2.75) is 20.4 Å². The van der Waals surface area contributed by atoms with E-state index >= 15 is 0 Å². The lowest BCUT2D eigenvalue weighted by atomic mass is 10.2. The molecule has 0 bridgehead atoms. The molecule has 1 aromatic heterocycles. The summed E-state index contributed by atoms with van der Waals surface area (Å²) in [6, 6.07) is 5.73. The maximum absolute atomic E-state index is 5.33. The number of rotatable bonds is 6. The van der Waals surface area contributed by atoms with E-state index in [0.29, 0.717) is 11.5 Å². The fraction of sp³-hybridized carbons (Fsp3) is 0.429. The van der Waals surface area contributed by atoms with Crippen LogP contribution in [0.5, 0.6) is 11.5 Å². The third-order valence-corrected chi connectivity index (χ3v) is 3.04. The molecular formula is C14H20N4O2. The van der Waals surface area contributed by atoms with Crippen molar-refractivity contribution >= 4 is 5.95 Å². The molecule has 6 heteroatoms. The van der Waals surface area contributed by atoms with E-state index in [2.05, 4.69) is 22.4 Å². The van der Waals surface area contributed by atoms with Crippen LogP contribution in [0.2, 0.25) is 0 Å². The van der Waals surface area contributed by atoms with Crippen molar-refractivity contribution in [3.63, 3.8) is 0 Å². The number of hydrogen-bond acceptors (Lipinski definition) is 5. The zero-order chi connectivity index (χ0) is 14.5. The molecule has 1 heterocycles. The molecule has 108 valence electrons. The first-order valence-electron chi connectivity index (χ1n) is 6.64. The molecule has 2 aromatic rings. The number of methoxy groups -OCH3 is 2. The summed E-state index contributed by atoms with van der Waals surface area (Å²) in [5, 5.41) is 11.6. The Kier molecular flexibility index (Phi) is 4.45. The minimum Gasteiger partial charge on any atom is -0.493 e. The zero-order valence-corrected chi connectivity index (χ0v) is 12.3. The minimum atomic E-state index is 0.681. The van der Waals surface area contributed by atoms with Gasteiger partial charge < -0.3 is 14.8 Å². The summed E-state index contributed by atoms with van der Waals surface area (Å²) in [6.45, 7) is 5.70.